The van der Waals surface area contributed by atoms with Gasteiger partial charge in [-0.15, -0.1) is 0 Å². The number of nitrogens with one attached hydrogen (secondary N) is 1. The van der Waals surface area contributed by atoms with Crippen LogP contribution >= 0.6 is 0 Å². The van der Waals surface area contributed by atoms with E-state index in [1.807, 2.05) is 42.5 Å². The van der Waals surface area contributed by atoms with Crippen LogP contribution in [0.15, 0.2) is 42.5 Å². The van der Waals surface area contributed by atoms with E-state index < -0.39 is 0 Å². The van der Waals surface area contributed by atoms with Crippen molar-refractivity contribution in [1.29, 1.82) is 0 Å². The van der Waals surface area contributed by atoms with Gasteiger partial charge < -0.3 is 19.5 Å². The van der Waals surface area contributed by atoms with E-state index in [9.17, 15) is 4.79 Å². The van der Waals surface area contributed by atoms with Crippen LogP contribution in [-0.2, 0) is 11.2 Å². The molecule has 136 valence electrons. The van der Waals surface area contributed by atoms with E-state index >= 15 is 0 Å². The normalized spacial score (nSPS) is 15.8. The number of hydrogen-bond donors (Lipinski definition) is 1. The summed E-state index contributed by atoms with van der Waals surface area (Å²) in [5.74, 6) is 2.32. The Morgan fingerprint density at radius 1 is 1.08 bits per heavy atom. The molecular weight excluding hydrogens is 330 g/mol. The number of aryl methyl sites for hydroxylation is 1. The number of rotatable bonds is 6. The third kappa shape index (κ3) is 4.10. The number of hydrogen-bond acceptors (Lipinski definition) is 4. The molecule has 0 bridgehead atoms. The van der Waals surface area contributed by atoms with Crippen molar-refractivity contribution in [1.82, 2.24) is 0 Å². The average molecular weight is 353 g/mol. The van der Waals surface area contributed by atoms with Gasteiger partial charge in [0.2, 0.25) is 12.7 Å². The van der Waals surface area contributed by atoms with Crippen molar-refractivity contribution >= 4 is 11.6 Å². The molecule has 2 aromatic rings. The Hall–Kier alpha value is -2.69. The molecule has 4 rings (SSSR count). The minimum Gasteiger partial charge on any atom is -0.490 e. The standard InChI is InChI=1S/C21H23NO4/c23-21(11-9-15-8-10-19-20(12-15)25-14-24-19)22-16-4-3-7-18(13-16)26-17-5-1-2-6-17/h3-4,7-8,10,12-13,17H,1-2,5-6,9,11,14H2,(H,22,23). The predicted molar refractivity (Wildman–Crippen MR) is 98.8 cm³/mol. The lowest BCUT2D eigenvalue weighted by Gasteiger charge is -2.14. The summed E-state index contributed by atoms with van der Waals surface area (Å²) in [5.41, 5.74) is 1.83. The van der Waals surface area contributed by atoms with E-state index in [1.165, 1.54) is 12.8 Å². The van der Waals surface area contributed by atoms with Crippen LogP contribution in [0.5, 0.6) is 17.2 Å². The molecule has 2 aliphatic rings. The highest BCUT2D eigenvalue weighted by Gasteiger charge is 2.17. The molecule has 1 aliphatic carbocycles. The first-order valence-corrected chi connectivity index (χ1v) is 9.21. The van der Waals surface area contributed by atoms with E-state index in [2.05, 4.69) is 5.32 Å². The maximum Gasteiger partial charge on any atom is 0.231 e. The van der Waals surface area contributed by atoms with E-state index in [4.69, 9.17) is 14.2 Å². The van der Waals surface area contributed by atoms with Crippen LogP contribution in [0.3, 0.4) is 0 Å². The average Bonchev–Trinajstić information content (AvgIpc) is 3.31. The zero-order valence-corrected chi connectivity index (χ0v) is 14.7. The molecule has 1 saturated carbocycles. The smallest absolute Gasteiger partial charge is 0.231 e. The first-order chi connectivity index (χ1) is 12.8. The second-order valence-corrected chi connectivity index (χ2v) is 6.79. The fourth-order valence-electron chi connectivity index (χ4n) is 3.42. The lowest BCUT2D eigenvalue weighted by Crippen LogP contribution is -2.13. The van der Waals surface area contributed by atoms with E-state index in [0.29, 0.717) is 18.9 Å². The molecule has 5 nitrogen and oxygen atoms in total. The van der Waals surface area contributed by atoms with Crippen LogP contribution in [0.1, 0.15) is 37.7 Å². The number of amides is 1. The molecule has 0 aromatic heterocycles. The minimum atomic E-state index is -0.0133. The van der Waals surface area contributed by atoms with Crippen molar-refractivity contribution in [2.24, 2.45) is 0 Å². The van der Waals surface area contributed by atoms with Crippen LogP contribution in [0, 0.1) is 0 Å². The molecule has 1 heterocycles. The third-order valence-electron chi connectivity index (χ3n) is 4.80. The van der Waals surface area contributed by atoms with Crippen LogP contribution in [0.2, 0.25) is 0 Å². The quantitative estimate of drug-likeness (QED) is 0.841. The first kappa shape index (κ1) is 16.8. The molecule has 1 N–H and O–H groups in total. The fourth-order valence-corrected chi connectivity index (χ4v) is 3.42. The Balaban J connectivity index is 1.30. The van der Waals surface area contributed by atoms with Gasteiger partial charge in [-0.1, -0.05) is 12.1 Å². The molecule has 1 amide bonds. The molecule has 0 spiro atoms. The lowest BCUT2D eigenvalue weighted by atomic mass is 10.1. The molecule has 26 heavy (non-hydrogen) atoms. The molecule has 0 atom stereocenters. The number of carbonyl (C=O) groups is 1. The summed E-state index contributed by atoms with van der Waals surface area (Å²) in [5, 5.41) is 2.95. The van der Waals surface area contributed by atoms with Crippen molar-refractivity contribution < 1.29 is 19.0 Å². The maximum absolute atomic E-state index is 12.3. The predicted octanol–water partition coefficient (Wildman–Crippen LogP) is 4.31. The van der Waals surface area contributed by atoms with Crippen molar-refractivity contribution in [2.45, 2.75) is 44.6 Å². The minimum absolute atomic E-state index is 0.0133. The summed E-state index contributed by atoms with van der Waals surface area (Å²) in [6.45, 7) is 0.262. The molecule has 5 heteroatoms. The molecule has 0 radical (unpaired) electrons. The van der Waals surface area contributed by atoms with Crippen LogP contribution in [-0.4, -0.2) is 18.8 Å². The Kier molecular flexibility index (Phi) is 4.95. The summed E-state index contributed by atoms with van der Waals surface area (Å²) in [6.07, 6.45) is 6.08. The molecular formula is C21H23NO4. The lowest BCUT2D eigenvalue weighted by molar-refractivity contribution is -0.116. The molecule has 1 fully saturated rings. The van der Waals surface area contributed by atoms with Crippen LogP contribution in [0.4, 0.5) is 5.69 Å². The van der Waals surface area contributed by atoms with Gasteiger partial charge in [-0.05, 0) is 61.9 Å². The van der Waals surface area contributed by atoms with Crippen molar-refractivity contribution in [3.63, 3.8) is 0 Å². The summed E-state index contributed by atoms with van der Waals surface area (Å²) in [6, 6.07) is 13.4. The Morgan fingerprint density at radius 3 is 2.81 bits per heavy atom. The zero-order valence-electron chi connectivity index (χ0n) is 14.7. The van der Waals surface area contributed by atoms with Gasteiger partial charge in [-0.3, -0.25) is 4.79 Å². The largest absolute Gasteiger partial charge is 0.490 e. The topological polar surface area (TPSA) is 56.8 Å². The maximum atomic E-state index is 12.3. The van der Waals surface area contributed by atoms with Crippen molar-refractivity contribution in [2.75, 3.05) is 12.1 Å². The third-order valence-corrected chi connectivity index (χ3v) is 4.80. The first-order valence-electron chi connectivity index (χ1n) is 9.21. The van der Waals surface area contributed by atoms with Gasteiger partial charge in [0.15, 0.2) is 11.5 Å². The monoisotopic (exact) mass is 353 g/mol. The molecule has 0 saturated heterocycles. The molecule has 2 aromatic carbocycles. The zero-order chi connectivity index (χ0) is 17.8. The summed E-state index contributed by atoms with van der Waals surface area (Å²) in [7, 11) is 0. The van der Waals surface area contributed by atoms with Crippen molar-refractivity contribution in [3.8, 4) is 17.2 Å². The number of fused-ring (bicyclic) bond motifs is 1. The van der Waals surface area contributed by atoms with Gasteiger partial charge in [0.1, 0.15) is 5.75 Å². The summed E-state index contributed by atoms with van der Waals surface area (Å²) >= 11 is 0. The molecule has 0 unspecified atom stereocenters. The van der Waals surface area contributed by atoms with Gasteiger partial charge in [0.05, 0.1) is 6.10 Å². The van der Waals surface area contributed by atoms with E-state index in [0.717, 1.165) is 41.3 Å². The van der Waals surface area contributed by atoms with Gasteiger partial charge in [-0.25, -0.2) is 0 Å². The summed E-state index contributed by atoms with van der Waals surface area (Å²) < 4.78 is 16.7. The van der Waals surface area contributed by atoms with Gasteiger partial charge in [0.25, 0.3) is 0 Å². The highest BCUT2D eigenvalue weighted by molar-refractivity contribution is 5.91. The number of anilines is 1. The van der Waals surface area contributed by atoms with Gasteiger partial charge in [-0.2, -0.15) is 0 Å². The van der Waals surface area contributed by atoms with E-state index in [-0.39, 0.29) is 12.7 Å². The summed E-state index contributed by atoms with van der Waals surface area (Å²) in [4.78, 5) is 12.3. The number of benzene rings is 2. The fraction of sp³-hybridized carbons (Fsp3) is 0.381. The van der Waals surface area contributed by atoms with Gasteiger partial charge in [0, 0.05) is 18.2 Å². The Bertz CT molecular complexity index is 783. The second-order valence-electron chi connectivity index (χ2n) is 6.79. The van der Waals surface area contributed by atoms with Crippen molar-refractivity contribution in [3.05, 3.63) is 48.0 Å². The Labute approximate surface area is 153 Å². The van der Waals surface area contributed by atoms with Gasteiger partial charge >= 0.3 is 0 Å². The van der Waals surface area contributed by atoms with Crippen LogP contribution in [0.25, 0.3) is 0 Å². The molecule has 1 aliphatic heterocycles. The SMILES string of the molecule is O=C(CCc1ccc2c(c1)OCO2)Nc1cccc(OC2CCCC2)c1. The van der Waals surface area contributed by atoms with Crippen LogP contribution < -0.4 is 19.5 Å². The highest BCUT2D eigenvalue weighted by atomic mass is 16.7. The number of ether oxygens (including phenoxy) is 3. The number of carbonyl (C=O) groups excluding carboxylic acids is 1. The van der Waals surface area contributed by atoms with E-state index in [1.54, 1.807) is 0 Å². The highest BCUT2D eigenvalue weighted by Crippen LogP contribution is 2.32. The second kappa shape index (κ2) is 7.68. The Morgan fingerprint density at radius 2 is 1.92 bits per heavy atom.